The van der Waals surface area contributed by atoms with Crippen LogP contribution in [0, 0.1) is 5.92 Å². The molecule has 3 rings (SSSR count). The summed E-state index contributed by atoms with van der Waals surface area (Å²) >= 11 is 0. The lowest BCUT2D eigenvalue weighted by Gasteiger charge is -2.24. The Labute approximate surface area is 132 Å². The van der Waals surface area contributed by atoms with Crippen LogP contribution in [0.15, 0.2) is 18.6 Å². The molecule has 5 heteroatoms. The SMILES string of the molecule is Cn1cc(CNCC2CCc3nccn3C2)c(C(C)(C)C)n1. The molecule has 1 N–H and O–H groups in total. The van der Waals surface area contributed by atoms with Crippen LogP contribution in [0.5, 0.6) is 0 Å². The van der Waals surface area contributed by atoms with E-state index < -0.39 is 0 Å². The number of aryl methyl sites for hydroxylation is 2. The standard InChI is InChI=1S/C17H27N5/c1-17(2,3)16-14(12-21(4)20-16)10-18-9-13-5-6-15-19-7-8-22(15)11-13/h7-8,12-13,18H,5-6,9-11H2,1-4H3. The molecule has 0 amide bonds. The maximum atomic E-state index is 4.63. The summed E-state index contributed by atoms with van der Waals surface area (Å²) in [5.41, 5.74) is 2.60. The van der Waals surface area contributed by atoms with Crippen molar-refractivity contribution in [2.24, 2.45) is 13.0 Å². The van der Waals surface area contributed by atoms with Gasteiger partial charge in [-0.05, 0) is 18.9 Å². The number of hydrogen-bond acceptors (Lipinski definition) is 3. The average molecular weight is 301 g/mol. The average Bonchev–Trinajstić information content (AvgIpc) is 3.04. The second-order valence-electron chi connectivity index (χ2n) is 7.46. The molecule has 1 atom stereocenters. The predicted molar refractivity (Wildman–Crippen MR) is 87.7 cm³/mol. The van der Waals surface area contributed by atoms with Crippen LogP contribution < -0.4 is 5.32 Å². The van der Waals surface area contributed by atoms with E-state index in [0.717, 1.165) is 26.1 Å². The second kappa shape index (κ2) is 5.88. The van der Waals surface area contributed by atoms with Crippen LogP contribution in [0.4, 0.5) is 0 Å². The van der Waals surface area contributed by atoms with Gasteiger partial charge in [-0.1, -0.05) is 20.8 Å². The zero-order valence-electron chi connectivity index (χ0n) is 14.1. The van der Waals surface area contributed by atoms with Crippen molar-refractivity contribution in [2.45, 2.75) is 52.1 Å². The smallest absolute Gasteiger partial charge is 0.108 e. The molecule has 0 saturated heterocycles. The third-order valence-corrected chi connectivity index (χ3v) is 4.40. The van der Waals surface area contributed by atoms with Gasteiger partial charge >= 0.3 is 0 Å². The molecular weight excluding hydrogens is 274 g/mol. The molecule has 1 aliphatic heterocycles. The fourth-order valence-corrected chi connectivity index (χ4v) is 3.31. The molecule has 1 aliphatic rings. The van der Waals surface area contributed by atoms with Crippen LogP contribution in [0.2, 0.25) is 0 Å². The fraction of sp³-hybridized carbons (Fsp3) is 0.647. The molecule has 2 aromatic rings. The van der Waals surface area contributed by atoms with Gasteiger partial charge in [-0.3, -0.25) is 4.68 Å². The van der Waals surface area contributed by atoms with Gasteiger partial charge in [0.05, 0.1) is 5.69 Å². The summed E-state index contributed by atoms with van der Waals surface area (Å²) in [7, 11) is 2.00. The Morgan fingerprint density at radius 1 is 1.36 bits per heavy atom. The second-order valence-corrected chi connectivity index (χ2v) is 7.46. The van der Waals surface area contributed by atoms with E-state index >= 15 is 0 Å². The van der Waals surface area contributed by atoms with E-state index in [1.54, 1.807) is 0 Å². The van der Waals surface area contributed by atoms with Crippen LogP contribution in [0.25, 0.3) is 0 Å². The van der Waals surface area contributed by atoms with Gasteiger partial charge in [0.1, 0.15) is 5.82 Å². The van der Waals surface area contributed by atoms with Crippen molar-refractivity contribution in [3.8, 4) is 0 Å². The number of aromatic nitrogens is 4. The first kappa shape index (κ1) is 15.3. The number of fused-ring (bicyclic) bond motifs is 1. The molecule has 0 saturated carbocycles. The number of imidazole rings is 1. The Hall–Kier alpha value is -1.62. The zero-order valence-corrected chi connectivity index (χ0v) is 14.1. The van der Waals surface area contributed by atoms with E-state index in [1.807, 2.05) is 17.9 Å². The minimum absolute atomic E-state index is 0.0921. The van der Waals surface area contributed by atoms with Crippen LogP contribution >= 0.6 is 0 Å². The fourth-order valence-electron chi connectivity index (χ4n) is 3.31. The highest BCUT2D eigenvalue weighted by Crippen LogP contribution is 2.24. The van der Waals surface area contributed by atoms with Crippen LogP contribution in [-0.4, -0.2) is 25.9 Å². The van der Waals surface area contributed by atoms with Gasteiger partial charge in [-0.2, -0.15) is 5.10 Å². The largest absolute Gasteiger partial charge is 0.335 e. The van der Waals surface area contributed by atoms with Gasteiger partial charge in [0.15, 0.2) is 0 Å². The van der Waals surface area contributed by atoms with E-state index in [-0.39, 0.29) is 5.41 Å². The first-order valence-electron chi connectivity index (χ1n) is 8.17. The van der Waals surface area contributed by atoms with Gasteiger partial charge in [-0.25, -0.2) is 4.98 Å². The Balaban J connectivity index is 1.56. The maximum Gasteiger partial charge on any atom is 0.108 e. The first-order chi connectivity index (χ1) is 10.4. The molecule has 120 valence electrons. The van der Waals surface area contributed by atoms with Gasteiger partial charge < -0.3 is 9.88 Å². The van der Waals surface area contributed by atoms with Crippen molar-refractivity contribution < 1.29 is 0 Å². The van der Waals surface area contributed by atoms with Crippen LogP contribution in [0.3, 0.4) is 0 Å². The van der Waals surface area contributed by atoms with E-state index in [0.29, 0.717) is 5.92 Å². The third-order valence-electron chi connectivity index (χ3n) is 4.40. The van der Waals surface area contributed by atoms with Gasteiger partial charge in [0.2, 0.25) is 0 Å². The Kier molecular flexibility index (Phi) is 4.08. The minimum Gasteiger partial charge on any atom is -0.335 e. The van der Waals surface area contributed by atoms with E-state index in [9.17, 15) is 0 Å². The Morgan fingerprint density at radius 3 is 2.95 bits per heavy atom. The number of nitrogens with one attached hydrogen (secondary N) is 1. The quantitative estimate of drug-likeness (QED) is 0.942. The lowest BCUT2D eigenvalue weighted by Crippen LogP contribution is -2.30. The molecule has 5 nitrogen and oxygen atoms in total. The van der Waals surface area contributed by atoms with Crippen LogP contribution in [0.1, 0.15) is 44.3 Å². The summed E-state index contributed by atoms with van der Waals surface area (Å²) in [4.78, 5) is 4.39. The highest BCUT2D eigenvalue weighted by atomic mass is 15.3. The molecule has 0 radical (unpaired) electrons. The van der Waals surface area contributed by atoms with Crippen molar-refractivity contribution in [2.75, 3.05) is 6.54 Å². The minimum atomic E-state index is 0.0921. The van der Waals surface area contributed by atoms with E-state index in [1.165, 1.54) is 23.5 Å². The van der Waals surface area contributed by atoms with Crippen LogP contribution in [-0.2, 0) is 32.0 Å². The highest BCUT2D eigenvalue weighted by molar-refractivity contribution is 5.23. The summed E-state index contributed by atoms with van der Waals surface area (Å²) in [6, 6.07) is 0. The van der Waals surface area contributed by atoms with E-state index in [2.05, 4.69) is 53.1 Å². The van der Waals surface area contributed by atoms with Crippen molar-refractivity contribution in [3.63, 3.8) is 0 Å². The molecule has 1 unspecified atom stereocenters. The number of rotatable bonds is 4. The third kappa shape index (κ3) is 3.24. The summed E-state index contributed by atoms with van der Waals surface area (Å²) < 4.78 is 4.22. The summed E-state index contributed by atoms with van der Waals surface area (Å²) in [6.45, 7) is 9.70. The molecule has 0 aliphatic carbocycles. The summed E-state index contributed by atoms with van der Waals surface area (Å²) in [5.74, 6) is 1.93. The summed E-state index contributed by atoms with van der Waals surface area (Å²) in [6.07, 6.45) is 8.47. The number of nitrogens with zero attached hydrogens (tertiary/aromatic N) is 4. The van der Waals surface area contributed by atoms with Gasteiger partial charge in [0.25, 0.3) is 0 Å². The Bertz CT molecular complexity index is 632. The molecule has 0 bridgehead atoms. The molecule has 0 spiro atoms. The maximum absolute atomic E-state index is 4.63. The topological polar surface area (TPSA) is 47.7 Å². The lowest BCUT2D eigenvalue weighted by atomic mass is 9.89. The molecular formula is C17H27N5. The van der Waals surface area contributed by atoms with Crippen molar-refractivity contribution in [3.05, 3.63) is 35.7 Å². The van der Waals surface area contributed by atoms with Crippen molar-refractivity contribution in [1.29, 1.82) is 0 Å². The van der Waals surface area contributed by atoms with Crippen molar-refractivity contribution in [1.82, 2.24) is 24.6 Å². The highest BCUT2D eigenvalue weighted by Gasteiger charge is 2.22. The van der Waals surface area contributed by atoms with Crippen molar-refractivity contribution >= 4 is 0 Å². The Morgan fingerprint density at radius 2 is 2.18 bits per heavy atom. The molecule has 22 heavy (non-hydrogen) atoms. The zero-order chi connectivity index (χ0) is 15.7. The molecule has 2 aromatic heterocycles. The summed E-state index contributed by atoms with van der Waals surface area (Å²) in [5, 5.41) is 8.27. The van der Waals surface area contributed by atoms with E-state index in [4.69, 9.17) is 0 Å². The molecule has 3 heterocycles. The predicted octanol–water partition coefficient (Wildman–Crippen LogP) is 2.27. The molecule has 0 aromatic carbocycles. The normalized spacial score (nSPS) is 18.5. The lowest BCUT2D eigenvalue weighted by molar-refractivity contribution is 0.347. The van der Waals surface area contributed by atoms with Gasteiger partial charge in [-0.15, -0.1) is 0 Å². The molecule has 0 fully saturated rings. The number of hydrogen-bond donors (Lipinski definition) is 1. The van der Waals surface area contributed by atoms with Gasteiger partial charge in [0, 0.05) is 56.1 Å². The monoisotopic (exact) mass is 301 g/mol. The first-order valence-corrected chi connectivity index (χ1v) is 8.17.